The molecule has 2 aliphatic heterocycles. The zero-order valence-corrected chi connectivity index (χ0v) is 14.6. The minimum absolute atomic E-state index is 0.273. The molecule has 0 bridgehead atoms. The maximum absolute atomic E-state index is 12.5. The number of rotatable bonds is 6. The van der Waals surface area contributed by atoms with Crippen molar-refractivity contribution in [2.24, 2.45) is 5.92 Å². The Labute approximate surface area is 144 Å². The molecule has 0 spiro atoms. The Morgan fingerprint density at radius 3 is 2.96 bits per heavy atom. The van der Waals surface area contributed by atoms with E-state index in [2.05, 4.69) is 27.9 Å². The van der Waals surface area contributed by atoms with E-state index < -0.39 is 0 Å². The van der Waals surface area contributed by atoms with E-state index >= 15 is 0 Å². The molecule has 0 unspecified atom stereocenters. The summed E-state index contributed by atoms with van der Waals surface area (Å²) in [5.41, 5.74) is 1.23. The van der Waals surface area contributed by atoms with Gasteiger partial charge < -0.3 is 14.5 Å². The van der Waals surface area contributed by atoms with Crippen LogP contribution in [0.15, 0.2) is 24.5 Å². The van der Waals surface area contributed by atoms with Gasteiger partial charge >= 0.3 is 0 Å². The lowest BCUT2D eigenvalue weighted by molar-refractivity contribution is -0.132. The number of likely N-dealkylation sites (tertiary alicyclic amines) is 1. The predicted molar refractivity (Wildman–Crippen MR) is 92.5 cm³/mol. The largest absolute Gasteiger partial charge is 0.379 e. The van der Waals surface area contributed by atoms with Crippen molar-refractivity contribution >= 4 is 5.91 Å². The van der Waals surface area contributed by atoms with E-state index in [9.17, 15) is 4.79 Å². The maximum atomic E-state index is 12.5. The van der Waals surface area contributed by atoms with Crippen molar-refractivity contribution in [3.63, 3.8) is 0 Å². The van der Waals surface area contributed by atoms with Gasteiger partial charge in [0, 0.05) is 51.7 Å². The highest BCUT2D eigenvalue weighted by Crippen LogP contribution is 2.18. The first kappa shape index (κ1) is 17.3. The van der Waals surface area contributed by atoms with Crippen molar-refractivity contribution in [1.29, 1.82) is 0 Å². The molecular weight excluding hydrogens is 304 g/mol. The normalized spacial score (nSPS) is 22.2. The fraction of sp³-hybridized carbons (Fsp3) is 0.667. The van der Waals surface area contributed by atoms with E-state index in [4.69, 9.17) is 4.74 Å². The molecule has 0 N–H and O–H groups in total. The molecule has 3 heterocycles. The summed E-state index contributed by atoms with van der Waals surface area (Å²) in [6.07, 6.45) is 4.83. The molecule has 3 rings (SSSR count). The molecule has 0 aromatic carbocycles. The van der Waals surface area contributed by atoms with Gasteiger partial charge in [-0.2, -0.15) is 0 Å². The Bertz CT molecular complexity index is 519. The monoisotopic (exact) mass is 332 g/mol. The van der Waals surface area contributed by atoms with Gasteiger partial charge in [0.1, 0.15) is 0 Å². The fourth-order valence-electron chi connectivity index (χ4n) is 3.57. The zero-order valence-electron chi connectivity index (χ0n) is 14.6. The first-order chi connectivity index (χ1) is 11.7. The number of nitrogens with zero attached hydrogens (tertiary/aromatic N) is 4. The average molecular weight is 332 g/mol. The Morgan fingerprint density at radius 2 is 2.21 bits per heavy atom. The molecule has 1 amide bonds. The van der Waals surface area contributed by atoms with Crippen LogP contribution >= 0.6 is 0 Å². The van der Waals surface area contributed by atoms with Gasteiger partial charge in [-0.05, 0) is 31.0 Å². The summed E-state index contributed by atoms with van der Waals surface area (Å²) >= 11 is 0. The third-order valence-electron chi connectivity index (χ3n) is 4.85. The summed E-state index contributed by atoms with van der Waals surface area (Å²) < 4.78 is 5.34. The number of hydrogen-bond acceptors (Lipinski definition) is 5. The van der Waals surface area contributed by atoms with E-state index in [0.717, 1.165) is 58.9 Å². The number of hydrogen-bond donors (Lipinski definition) is 0. The topological polar surface area (TPSA) is 48.9 Å². The number of carbonyl (C=O) groups excluding carboxylic acids is 1. The highest BCUT2D eigenvalue weighted by molar-refractivity contribution is 5.78. The summed E-state index contributed by atoms with van der Waals surface area (Å²) in [7, 11) is 2.14. The molecule has 2 fully saturated rings. The maximum Gasteiger partial charge on any atom is 0.236 e. The zero-order chi connectivity index (χ0) is 16.8. The molecule has 0 radical (unpaired) electrons. The Balaban J connectivity index is 1.40. The van der Waals surface area contributed by atoms with E-state index in [0.29, 0.717) is 12.5 Å². The van der Waals surface area contributed by atoms with Crippen LogP contribution in [0, 0.1) is 5.92 Å². The lowest BCUT2D eigenvalue weighted by Crippen LogP contribution is -2.44. The molecule has 6 heteroatoms. The first-order valence-electron chi connectivity index (χ1n) is 8.86. The van der Waals surface area contributed by atoms with Gasteiger partial charge in [-0.25, -0.2) is 0 Å². The van der Waals surface area contributed by atoms with Gasteiger partial charge in [-0.1, -0.05) is 6.07 Å². The average Bonchev–Trinajstić information content (AvgIpc) is 3.05. The van der Waals surface area contributed by atoms with Crippen LogP contribution in [0.1, 0.15) is 12.0 Å². The highest BCUT2D eigenvalue weighted by atomic mass is 16.5. The van der Waals surface area contributed by atoms with Gasteiger partial charge in [0.25, 0.3) is 0 Å². The molecule has 2 saturated heterocycles. The Hall–Kier alpha value is -1.50. The summed E-state index contributed by atoms with van der Waals surface area (Å²) in [4.78, 5) is 23.2. The summed E-state index contributed by atoms with van der Waals surface area (Å²) in [5, 5.41) is 0. The van der Waals surface area contributed by atoms with Crippen molar-refractivity contribution in [2.75, 3.05) is 59.5 Å². The van der Waals surface area contributed by atoms with Crippen LogP contribution in [-0.4, -0.2) is 85.1 Å². The van der Waals surface area contributed by atoms with Crippen molar-refractivity contribution in [3.05, 3.63) is 30.1 Å². The highest BCUT2D eigenvalue weighted by Gasteiger charge is 2.28. The van der Waals surface area contributed by atoms with Gasteiger partial charge in [0.2, 0.25) is 5.91 Å². The van der Waals surface area contributed by atoms with Crippen LogP contribution in [0.25, 0.3) is 0 Å². The van der Waals surface area contributed by atoms with Gasteiger partial charge in [-0.3, -0.25) is 14.7 Å². The number of pyridine rings is 1. The van der Waals surface area contributed by atoms with Crippen molar-refractivity contribution < 1.29 is 9.53 Å². The third kappa shape index (κ3) is 5.00. The molecule has 132 valence electrons. The lowest BCUT2D eigenvalue weighted by atomic mass is 10.1. The van der Waals surface area contributed by atoms with Gasteiger partial charge in [0.05, 0.1) is 19.8 Å². The second kappa shape index (κ2) is 8.55. The fourth-order valence-corrected chi connectivity index (χ4v) is 3.57. The lowest BCUT2D eigenvalue weighted by Gasteiger charge is -2.28. The second-order valence-electron chi connectivity index (χ2n) is 6.94. The number of amides is 1. The summed E-state index contributed by atoms with van der Waals surface area (Å²) in [6, 6.07) is 4.08. The SMILES string of the molecule is CN(Cc1cccnc1)C[C@@H]1CCN(C(=O)CN2CCOCC2)C1. The Kier molecular flexibility index (Phi) is 6.18. The van der Waals surface area contributed by atoms with Crippen LogP contribution in [0.5, 0.6) is 0 Å². The number of aromatic nitrogens is 1. The van der Waals surface area contributed by atoms with E-state index in [1.54, 1.807) is 6.20 Å². The predicted octanol–water partition coefficient (Wildman–Crippen LogP) is 0.694. The van der Waals surface area contributed by atoms with Crippen molar-refractivity contribution in [2.45, 2.75) is 13.0 Å². The van der Waals surface area contributed by atoms with Crippen molar-refractivity contribution in [1.82, 2.24) is 19.7 Å². The van der Waals surface area contributed by atoms with Crippen LogP contribution < -0.4 is 0 Å². The van der Waals surface area contributed by atoms with E-state index in [1.807, 2.05) is 17.2 Å². The molecule has 2 aliphatic rings. The van der Waals surface area contributed by atoms with E-state index in [-0.39, 0.29) is 5.91 Å². The van der Waals surface area contributed by atoms with Crippen molar-refractivity contribution in [3.8, 4) is 0 Å². The molecule has 6 nitrogen and oxygen atoms in total. The Morgan fingerprint density at radius 1 is 1.38 bits per heavy atom. The number of morpholine rings is 1. The second-order valence-corrected chi connectivity index (χ2v) is 6.94. The minimum Gasteiger partial charge on any atom is -0.379 e. The molecular formula is C18H28N4O2. The van der Waals surface area contributed by atoms with Crippen LogP contribution in [0.2, 0.25) is 0 Å². The van der Waals surface area contributed by atoms with Gasteiger partial charge in [0.15, 0.2) is 0 Å². The van der Waals surface area contributed by atoms with Crippen LogP contribution in [0.3, 0.4) is 0 Å². The molecule has 24 heavy (non-hydrogen) atoms. The minimum atomic E-state index is 0.273. The standard InChI is InChI=1S/C18H28N4O2/c1-20(12-16-3-2-5-19-11-16)13-17-4-6-22(14-17)18(23)15-21-7-9-24-10-8-21/h2-3,5,11,17H,4,6-10,12-15H2,1H3/t17-/m0/s1. The smallest absolute Gasteiger partial charge is 0.236 e. The first-order valence-corrected chi connectivity index (χ1v) is 8.86. The number of carbonyl (C=O) groups is 1. The molecule has 1 atom stereocenters. The molecule has 1 aromatic heterocycles. The molecule has 1 aromatic rings. The summed E-state index contributed by atoms with van der Waals surface area (Å²) in [5.74, 6) is 0.842. The number of ether oxygens (including phenoxy) is 1. The van der Waals surface area contributed by atoms with Crippen LogP contribution in [-0.2, 0) is 16.1 Å². The molecule has 0 aliphatic carbocycles. The quantitative estimate of drug-likeness (QED) is 0.767. The van der Waals surface area contributed by atoms with Crippen LogP contribution in [0.4, 0.5) is 0 Å². The summed E-state index contributed by atoms with van der Waals surface area (Å²) in [6.45, 7) is 7.50. The van der Waals surface area contributed by atoms with Gasteiger partial charge in [-0.15, -0.1) is 0 Å². The third-order valence-corrected chi connectivity index (χ3v) is 4.85. The van der Waals surface area contributed by atoms with E-state index in [1.165, 1.54) is 5.56 Å². The molecule has 0 saturated carbocycles.